The molecule has 0 aliphatic rings. The molecule has 1 N–H and O–H groups in total. The number of aromatic nitrogens is 3. The summed E-state index contributed by atoms with van der Waals surface area (Å²) in [5, 5.41) is 12.7. The Balaban J connectivity index is 1.56. The monoisotopic (exact) mass is 444 g/mol. The van der Waals surface area contributed by atoms with Crippen molar-refractivity contribution in [1.29, 1.82) is 0 Å². The Labute approximate surface area is 183 Å². The average molecular weight is 445 g/mol. The van der Waals surface area contributed by atoms with Crippen molar-refractivity contribution in [2.24, 2.45) is 0 Å². The number of methoxy groups -OCH3 is 1. The van der Waals surface area contributed by atoms with E-state index in [2.05, 4.69) is 20.3 Å². The third kappa shape index (κ3) is 5.40. The van der Waals surface area contributed by atoms with Crippen LogP contribution < -0.4 is 5.32 Å². The molecule has 0 fully saturated rings. The number of benzene rings is 2. The van der Waals surface area contributed by atoms with Crippen molar-refractivity contribution in [2.75, 3.05) is 12.9 Å². The van der Waals surface area contributed by atoms with Gasteiger partial charge < -0.3 is 14.6 Å². The summed E-state index contributed by atoms with van der Waals surface area (Å²) in [6.07, 6.45) is 0. The number of nitrogens with zero attached hydrogens (tertiary/aromatic N) is 3. The fourth-order valence-corrected chi connectivity index (χ4v) is 3.71. The third-order valence-electron chi connectivity index (χ3n) is 4.33. The minimum atomic E-state index is -0.389. The zero-order valence-corrected chi connectivity index (χ0v) is 18.2. The van der Waals surface area contributed by atoms with Gasteiger partial charge in [-0.25, -0.2) is 4.79 Å². The molecule has 9 heteroatoms. The molecule has 0 bridgehead atoms. The fourth-order valence-electron chi connectivity index (χ4n) is 2.75. The summed E-state index contributed by atoms with van der Waals surface area (Å²) in [6.45, 7) is 3.06. The zero-order valence-electron chi connectivity index (χ0n) is 16.6. The lowest BCUT2D eigenvalue weighted by Gasteiger charge is -2.08. The number of ether oxygens (including phenoxy) is 1. The highest BCUT2D eigenvalue weighted by molar-refractivity contribution is 7.99. The quantitative estimate of drug-likeness (QED) is 0.420. The Hall–Kier alpha value is -2.84. The highest BCUT2D eigenvalue weighted by atomic mass is 35.5. The van der Waals surface area contributed by atoms with Crippen molar-refractivity contribution in [3.63, 3.8) is 0 Å². The van der Waals surface area contributed by atoms with E-state index in [4.69, 9.17) is 11.6 Å². The Morgan fingerprint density at radius 2 is 1.80 bits per heavy atom. The molecule has 7 nitrogen and oxygen atoms in total. The number of amides is 1. The van der Waals surface area contributed by atoms with Crippen LogP contribution in [0.5, 0.6) is 0 Å². The van der Waals surface area contributed by atoms with Crippen LogP contribution in [0.25, 0.3) is 11.4 Å². The zero-order chi connectivity index (χ0) is 21.5. The second-order valence-corrected chi connectivity index (χ2v) is 7.69. The summed E-state index contributed by atoms with van der Waals surface area (Å²) < 4.78 is 6.64. The molecule has 3 aromatic rings. The van der Waals surface area contributed by atoms with Gasteiger partial charge in [0.05, 0.1) is 18.4 Å². The molecule has 1 aromatic heterocycles. The smallest absolute Gasteiger partial charge is 0.337 e. The van der Waals surface area contributed by atoms with Gasteiger partial charge in [0.15, 0.2) is 11.0 Å². The topological polar surface area (TPSA) is 86.1 Å². The summed E-state index contributed by atoms with van der Waals surface area (Å²) in [4.78, 5) is 23.7. The van der Waals surface area contributed by atoms with Gasteiger partial charge in [-0.3, -0.25) is 4.79 Å². The number of esters is 1. The van der Waals surface area contributed by atoms with Crippen molar-refractivity contribution in [2.45, 2.75) is 25.2 Å². The molecule has 30 heavy (non-hydrogen) atoms. The number of carbonyl (C=O) groups is 2. The van der Waals surface area contributed by atoms with Gasteiger partial charge in [-0.1, -0.05) is 35.5 Å². The first-order valence-electron chi connectivity index (χ1n) is 9.27. The Morgan fingerprint density at radius 3 is 2.43 bits per heavy atom. The summed E-state index contributed by atoms with van der Waals surface area (Å²) in [5.74, 6) is 0.456. The summed E-state index contributed by atoms with van der Waals surface area (Å²) in [7, 11) is 1.34. The lowest BCUT2D eigenvalue weighted by molar-refractivity contribution is -0.118. The summed E-state index contributed by atoms with van der Waals surface area (Å²) >= 11 is 7.29. The molecule has 0 radical (unpaired) electrons. The van der Waals surface area contributed by atoms with Gasteiger partial charge in [0.25, 0.3) is 0 Å². The van der Waals surface area contributed by atoms with E-state index in [-0.39, 0.29) is 17.6 Å². The lowest BCUT2D eigenvalue weighted by Crippen LogP contribution is -2.24. The molecule has 0 spiro atoms. The van der Waals surface area contributed by atoms with E-state index in [0.29, 0.717) is 28.8 Å². The van der Waals surface area contributed by atoms with Crippen LogP contribution in [0.2, 0.25) is 5.02 Å². The largest absolute Gasteiger partial charge is 0.465 e. The van der Waals surface area contributed by atoms with E-state index in [9.17, 15) is 9.59 Å². The first kappa shape index (κ1) is 21.9. The highest BCUT2D eigenvalue weighted by Gasteiger charge is 2.14. The van der Waals surface area contributed by atoms with Crippen LogP contribution in [-0.2, 0) is 22.6 Å². The van der Waals surface area contributed by atoms with Crippen LogP contribution in [0, 0.1) is 0 Å². The van der Waals surface area contributed by atoms with Crippen molar-refractivity contribution in [3.8, 4) is 11.4 Å². The van der Waals surface area contributed by atoms with Crippen molar-refractivity contribution < 1.29 is 14.3 Å². The van der Waals surface area contributed by atoms with Crippen LogP contribution in [0.1, 0.15) is 22.8 Å². The number of halogens is 1. The first-order valence-corrected chi connectivity index (χ1v) is 10.6. The molecule has 0 atom stereocenters. The van der Waals surface area contributed by atoms with Crippen LogP contribution in [0.15, 0.2) is 53.7 Å². The summed E-state index contributed by atoms with van der Waals surface area (Å²) in [5.41, 5.74) is 2.28. The Morgan fingerprint density at radius 1 is 1.10 bits per heavy atom. The lowest BCUT2D eigenvalue weighted by atomic mass is 10.1. The SMILES string of the molecule is CCn1c(SCC(=O)NCc2ccc(C(=O)OC)cc2)nnc1-c1ccc(Cl)cc1. The molecule has 1 heterocycles. The molecule has 2 aromatic carbocycles. The number of carbonyl (C=O) groups excluding carboxylic acids is 2. The molecule has 1 amide bonds. The second kappa shape index (κ2) is 10.3. The van der Waals surface area contributed by atoms with Gasteiger partial charge in [0.2, 0.25) is 5.91 Å². The van der Waals surface area contributed by atoms with Crippen molar-refractivity contribution >= 4 is 35.2 Å². The second-order valence-electron chi connectivity index (χ2n) is 6.31. The van der Waals surface area contributed by atoms with Gasteiger partial charge >= 0.3 is 5.97 Å². The van der Waals surface area contributed by atoms with Gasteiger partial charge in [0, 0.05) is 23.7 Å². The van der Waals surface area contributed by atoms with E-state index in [1.807, 2.05) is 35.8 Å². The van der Waals surface area contributed by atoms with E-state index < -0.39 is 0 Å². The molecule has 0 aliphatic heterocycles. The highest BCUT2D eigenvalue weighted by Crippen LogP contribution is 2.25. The van der Waals surface area contributed by atoms with Crippen LogP contribution in [0.3, 0.4) is 0 Å². The standard InChI is InChI=1S/C21H21ClN4O3S/c1-3-26-19(15-8-10-17(22)11-9-15)24-25-21(26)30-13-18(27)23-12-14-4-6-16(7-5-14)20(28)29-2/h4-11H,3,12-13H2,1-2H3,(H,23,27). The van der Waals surface area contributed by atoms with E-state index in [1.165, 1.54) is 18.9 Å². The van der Waals surface area contributed by atoms with Crippen LogP contribution in [0.4, 0.5) is 0 Å². The molecule has 0 unspecified atom stereocenters. The number of nitrogens with one attached hydrogen (secondary N) is 1. The van der Waals surface area contributed by atoms with Crippen molar-refractivity contribution in [1.82, 2.24) is 20.1 Å². The molecule has 0 saturated carbocycles. The molecular formula is C21H21ClN4O3S. The molecular weight excluding hydrogens is 424 g/mol. The van der Waals surface area contributed by atoms with Crippen LogP contribution in [-0.4, -0.2) is 39.5 Å². The maximum Gasteiger partial charge on any atom is 0.337 e. The summed E-state index contributed by atoms with van der Waals surface area (Å²) in [6, 6.07) is 14.3. The van der Waals surface area contributed by atoms with Crippen molar-refractivity contribution in [3.05, 3.63) is 64.7 Å². The normalized spacial score (nSPS) is 10.6. The number of hydrogen-bond donors (Lipinski definition) is 1. The minimum Gasteiger partial charge on any atom is -0.465 e. The van der Waals surface area contributed by atoms with E-state index in [0.717, 1.165) is 17.0 Å². The van der Waals surface area contributed by atoms with Gasteiger partial charge in [0.1, 0.15) is 0 Å². The number of hydrogen-bond acceptors (Lipinski definition) is 6. The molecule has 0 saturated heterocycles. The third-order valence-corrected chi connectivity index (χ3v) is 5.55. The number of rotatable bonds is 8. The fraction of sp³-hybridized carbons (Fsp3) is 0.238. The number of thioether (sulfide) groups is 1. The van der Waals surface area contributed by atoms with E-state index in [1.54, 1.807) is 24.3 Å². The maximum absolute atomic E-state index is 12.2. The molecule has 156 valence electrons. The minimum absolute atomic E-state index is 0.115. The predicted octanol–water partition coefficient (Wildman–Crippen LogP) is 3.81. The molecule has 3 rings (SSSR count). The maximum atomic E-state index is 12.2. The molecule has 0 aliphatic carbocycles. The first-order chi connectivity index (χ1) is 14.5. The van der Waals surface area contributed by atoms with Gasteiger partial charge in [-0.05, 0) is 48.9 Å². The van der Waals surface area contributed by atoms with Gasteiger partial charge in [-0.15, -0.1) is 10.2 Å². The van der Waals surface area contributed by atoms with E-state index >= 15 is 0 Å². The van der Waals surface area contributed by atoms with Gasteiger partial charge in [-0.2, -0.15) is 0 Å². The predicted molar refractivity (Wildman–Crippen MR) is 116 cm³/mol. The average Bonchev–Trinajstić information content (AvgIpc) is 3.19. The van der Waals surface area contributed by atoms with Crippen LogP contribution >= 0.6 is 23.4 Å². The Bertz CT molecular complexity index is 1020. The Kier molecular flexibility index (Phi) is 7.48.